The highest BCUT2D eigenvalue weighted by Crippen LogP contribution is 2.20. The summed E-state index contributed by atoms with van der Waals surface area (Å²) in [5, 5.41) is 4.61. The van der Waals surface area contributed by atoms with Gasteiger partial charge in [0, 0.05) is 35.7 Å². The van der Waals surface area contributed by atoms with E-state index in [0.29, 0.717) is 29.7 Å². The van der Waals surface area contributed by atoms with Crippen molar-refractivity contribution in [3.8, 4) is 0 Å². The Morgan fingerprint density at radius 1 is 1.30 bits per heavy atom. The lowest BCUT2D eigenvalue weighted by Crippen LogP contribution is -2.44. The van der Waals surface area contributed by atoms with Gasteiger partial charge in [-0.15, -0.1) is 0 Å². The van der Waals surface area contributed by atoms with Gasteiger partial charge in [-0.2, -0.15) is 0 Å². The highest BCUT2D eigenvalue weighted by Gasteiger charge is 2.23. The van der Waals surface area contributed by atoms with Gasteiger partial charge in [-0.1, -0.05) is 23.2 Å². The number of benzene rings is 1. The van der Waals surface area contributed by atoms with Gasteiger partial charge >= 0.3 is 6.09 Å². The van der Waals surface area contributed by atoms with Gasteiger partial charge < -0.3 is 15.0 Å². The van der Waals surface area contributed by atoms with Gasteiger partial charge in [0.1, 0.15) is 5.60 Å². The lowest BCUT2D eigenvalue weighted by molar-refractivity contribution is 0.0193. The van der Waals surface area contributed by atoms with Gasteiger partial charge in [0.05, 0.1) is 0 Å². The Labute approximate surface area is 149 Å². The summed E-state index contributed by atoms with van der Waals surface area (Å²) in [4.78, 5) is 13.9. The van der Waals surface area contributed by atoms with E-state index in [0.717, 1.165) is 5.56 Å². The second-order valence-corrected chi connectivity index (χ2v) is 7.52. The van der Waals surface area contributed by atoms with Crippen molar-refractivity contribution in [1.29, 1.82) is 0 Å². The SMILES string of the molecule is CC(C)N(CCNCc1cc(Cl)ccc1Cl)C(=O)OC(C)(C)C. The van der Waals surface area contributed by atoms with Crippen LogP contribution >= 0.6 is 23.2 Å². The lowest BCUT2D eigenvalue weighted by atomic mass is 10.2. The van der Waals surface area contributed by atoms with Crippen molar-refractivity contribution in [3.05, 3.63) is 33.8 Å². The molecule has 0 unspecified atom stereocenters. The van der Waals surface area contributed by atoms with E-state index in [1.165, 1.54) is 0 Å². The van der Waals surface area contributed by atoms with Gasteiger partial charge in [-0.3, -0.25) is 0 Å². The molecule has 0 bridgehead atoms. The van der Waals surface area contributed by atoms with Crippen LogP contribution in [0.2, 0.25) is 10.0 Å². The Balaban J connectivity index is 2.50. The second-order valence-electron chi connectivity index (χ2n) is 6.68. The standard InChI is InChI=1S/C17H26Cl2N2O2/c1-12(2)21(16(22)23-17(3,4)5)9-8-20-11-13-10-14(18)6-7-15(13)19/h6-7,10,12,20H,8-9,11H2,1-5H3. The zero-order valence-electron chi connectivity index (χ0n) is 14.5. The molecule has 6 heteroatoms. The van der Waals surface area contributed by atoms with Crippen molar-refractivity contribution < 1.29 is 9.53 Å². The minimum atomic E-state index is -0.494. The maximum absolute atomic E-state index is 12.2. The van der Waals surface area contributed by atoms with Gasteiger partial charge in [-0.05, 0) is 58.4 Å². The zero-order chi connectivity index (χ0) is 17.6. The van der Waals surface area contributed by atoms with Crippen LogP contribution in [0.3, 0.4) is 0 Å². The maximum atomic E-state index is 12.2. The van der Waals surface area contributed by atoms with Gasteiger partial charge in [0.15, 0.2) is 0 Å². The number of halogens is 2. The quantitative estimate of drug-likeness (QED) is 0.745. The van der Waals surface area contributed by atoms with E-state index in [9.17, 15) is 4.79 Å². The predicted octanol–water partition coefficient (Wildman–Crippen LogP) is 4.73. The highest BCUT2D eigenvalue weighted by atomic mass is 35.5. The van der Waals surface area contributed by atoms with Gasteiger partial charge in [0.25, 0.3) is 0 Å². The fourth-order valence-corrected chi connectivity index (χ4v) is 2.36. The van der Waals surface area contributed by atoms with Crippen molar-refractivity contribution in [2.24, 2.45) is 0 Å². The Bertz CT molecular complexity index is 528. The van der Waals surface area contributed by atoms with E-state index in [1.54, 1.807) is 17.0 Å². The van der Waals surface area contributed by atoms with Crippen LogP contribution in [-0.4, -0.2) is 35.7 Å². The lowest BCUT2D eigenvalue weighted by Gasteiger charge is -2.30. The molecule has 0 aliphatic carbocycles. The number of rotatable bonds is 6. The normalized spacial score (nSPS) is 11.7. The van der Waals surface area contributed by atoms with Gasteiger partial charge in [-0.25, -0.2) is 4.79 Å². The van der Waals surface area contributed by atoms with E-state index in [-0.39, 0.29) is 12.1 Å². The van der Waals surface area contributed by atoms with Crippen LogP contribution in [0.25, 0.3) is 0 Å². The fourth-order valence-electron chi connectivity index (χ4n) is 1.98. The molecule has 0 atom stereocenters. The molecule has 0 heterocycles. The molecule has 0 saturated carbocycles. The predicted molar refractivity (Wildman–Crippen MR) is 96.2 cm³/mol. The monoisotopic (exact) mass is 360 g/mol. The van der Waals surface area contributed by atoms with Crippen molar-refractivity contribution >= 4 is 29.3 Å². The molecule has 4 nitrogen and oxygen atoms in total. The minimum absolute atomic E-state index is 0.0707. The number of amides is 1. The van der Waals surface area contributed by atoms with Crippen LogP contribution in [0.1, 0.15) is 40.2 Å². The average Bonchev–Trinajstić information content (AvgIpc) is 2.39. The smallest absolute Gasteiger partial charge is 0.410 e. The van der Waals surface area contributed by atoms with Crippen LogP contribution in [0, 0.1) is 0 Å². The largest absolute Gasteiger partial charge is 0.444 e. The molecule has 0 fully saturated rings. The summed E-state index contributed by atoms with van der Waals surface area (Å²) in [5.41, 5.74) is 0.443. The van der Waals surface area contributed by atoms with Crippen LogP contribution in [0.4, 0.5) is 4.79 Å². The van der Waals surface area contributed by atoms with Crippen LogP contribution in [-0.2, 0) is 11.3 Å². The first-order valence-electron chi connectivity index (χ1n) is 7.74. The Hall–Kier alpha value is -0.970. The third-order valence-corrected chi connectivity index (χ3v) is 3.71. The molecule has 1 amide bonds. The van der Waals surface area contributed by atoms with Crippen LogP contribution in [0.5, 0.6) is 0 Å². The number of nitrogens with zero attached hydrogens (tertiary/aromatic N) is 1. The molecular weight excluding hydrogens is 335 g/mol. The first kappa shape index (κ1) is 20.1. The first-order valence-corrected chi connectivity index (χ1v) is 8.50. The van der Waals surface area contributed by atoms with E-state index in [2.05, 4.69) is 5.32 Å². The molecule has 1 N–H and O–H groups in total. The number of carbonyl (C=O) groups excluding carboxylic acids is 1. The summed E-state index contributed by atoms with van der Waals surface area (Å²) >= 11 is 12.1. The second kappa shape index (κ2) is 8.76. The number of ether oxygens (including phenoxy) is 1. The number of hydrogen-bond donors (Lipinski definition) is 1. The molecule has 1 aromatic rings. The first-order chi connectivity index (χ1) is 10.6. The van der Waals surface area contributed by atoms with Gasteiger partial charge in [0.2, 0.25) is 0 Å². The van der Waals surface area contributed by atoms with E-state index in [4.69, 9.17) is 27.9 Å². The number of nitrogens with one attached hydrogen (secondary N) is 1. The summed E-state index contributed by atoms with van der Waals surface area (Å²) in [5.74, 6) is 0. The van der Waals surface area contributed by atoms with Crippen molar-refractivity contribution in [3.63, 3.8) is 0 Å². The van der Waals surface area contributed by atoms with Crippen molar-refractivity contribution in [1.82, 2.24) is 10.2 Å². The molecule has 0 aromatic heterocycles. The van der Waals surface area contributed by atoms with Crippen LogP contribution in [0.15, 0.2) is 18.2 Å². The van der Waals surface area contributed by atoms with Crippen molar-refractivity contribution in [2.45, 2.75) is 52.8 Å². The molecule has 1 rings (SSSR count). The molecule has 0 spiro atoms. The number of hydrogen-bond acceptors (Lipinski definition) is 3. The summed E-state index contributed by atoms with van der Waals surface area (Å²) in [7, 11) is 0. The Morgan fingerprint density at radius 2 is 1.96 bits per heavy atom. The molecule has 0 aliphatic heterocycles. The highest BCUT2D eigenvalue weighted by molar-refractivity contribution is 6.33. The molecule has 0 saturated heterocycles. The molecule has 1 aromatic carbocycles. The molecule has 23 heavy (non-hydrogen) atoms. The molecule has 0 aliphatic rings. The zero-order valence-corrected chi connectivity index (χ0v) is 16.0. The Morgan fingerprint density at radius 3 is 2.52 bits per heavy atom. The maximum Gasteiger partial charge on any atom is 0.410 e. The number of carbonyl (C=O) groups is 1. The summed E-state index contributed by atoms with van der Waals surface area (Å²) < 4.78 is 5.43. The van der Waals surface area contributed by atoms with E-state index < -0.39 is 5.60 Å². The third kappa shape index (κ3) is 7.42. The van der Waals surface area contributed by atoms with Crippen LogP contribution < -0.4 is 5.32 Å². The Kier molecular flexibility index (Phi) is 7.65. The fraction of sp³-hybridized carbons (Fsp3) is 0.588. The summed E-state index contributed by atoms with van der Waals surface area (Å²) in [6.07, 6.45) is -0.296. The van der Waals surface area contributed by atoms with E-state index in [1.807, 2.05) is 40.7 Å². The minimum Gasteiger partial charge on any atom is -0.444 e. The molecule has 130 valence electrons. The molecular formula is C17H26Cl2N2O2. The topological polar surface area (TPSA) is 41.6 Å². The molecule has 0 radical (unpaired) electrons. The van der Waals surface area contributed by atoms with Crippen molar-refractivity contribution in [2.75, 3.05) is 13.1 Å². The summed E-state index contributed by atoms with van der Waals surface area (Å²) in [6.45, 7) is 11.3. The van der Waals surface area contributed by atoms with E-state index >= 15 is 0 Å². The average molecular weight is 361 g/mol. The summed E-state index contributed by atoms with van der Waals surface area (Å²) in [6, 6.07) is 5.45. The third-order valence-electron chi connectivity index (χ3n) is 3.10.